The summed E-state index contributed by atoms with van der Waals surface area (Å²) < 4.78 is 85.3. The lowest BCUT2D eigenvalue weighted by molar-refractivity contribution is -0.376. The van der Waals surface area contributed by atoms with Gasteiger partial charge >= 0.3 is 18.4 Å². The van der Waals surface area contributed by atoms with E-state index in [4.69, 9.17) is 4.74 Å². The highest BCUT2D eigenvalue weighted by molar-refractivity contribution is 5.84. The molecule has 12 heteroatoms. The van der Waals surface area contributed by atoms with Crippen molar-refractivity contribution in [2.45, 2.75) is 83.3 Å². The van der Waals surface area contributed by atoms with Gasteiger partial charge in [0, 0.05) is 12.1 Å². The Kier molecular flexibility index (Phi) is 11.6. The summed E-state index contributed by atoms with van der Waals surface area (Å²) >= 11 is 0. The number of hydrogen-bond donors (Lipinski definition) is 2. The third kappa shape index (κ3) is 8.37. The number of urea groups is 1. The summed E-state index contributed by atoms with van der Waals surface area (Å²) in [6.45, 7) is 7.74. The van der Waals surface area contributed by atoms with Gasteiger partial charge in [-0.25, -0.2) is 4.79 Å². The normalized spacial score (nSPS) is 13.2. The third-order valence-electron chi connectivity index (χ3n) is 6.70. The number of ether oxygens (including phenoxy) is 1. The zero-order chi connectivity index (χ0) is 31.0. The minimum Gasteiger partial charge on any atom is -0.493 e. The molecule has 0 aliphatic heterocycles. The minimum absolute atomic E-state index is 0.0335. The predicted molar refractivity (Wildman–Crippen MR) is 141 cm³/mol. The van der Waals surface area contributed by atoms with Crippen molar-refractivity contribution in [1.29, 1.82) is 0 Å². The quantitative estimate of drug-likeness (QED) is 0.147. The largest absolute Gasteiger partial charge is 0.493 e. The van der Waals surface area contributed by atoms with E-state index in [1.54, 1.807) is 13.8 Å². The Hall–Kier alpha value is -3.28. The van der Waals surface area contributed by atoms with E-state index in [0.717, 1.165) is 22.1 Å². The smallest absolute Gasteiger partial charge is 0.430 e. The van der Waals surface area contributed by atoms with Crippen LogP contribution in [0.15, 0.2) is 42.5 Å². The number of rotatable bonds is 13. The summed E-state index contributed by atoms with van der Waals surface area (Å²) in [5, 5.41) is 12.5. The maximum atomic E-state index is 13.3. The number of imide groups is 1. The van der Waals surface area contributed by atoms with Gasteiger partial charge in [-0.2, -0.15) is 26.3 Å². The molecule has 1 unspecified atom stereocenters. The minimum atomic E-state index is -5.98. The van der Waals surface area contributed by atoms with Crippen LogP contribution in [0.1, 0.15) is 81.2 Å². The van der Waals surface area contributed by atoms with E-state index in [0.29, 0.717) is 43.7 Å². The first-order valence-corrected chi connectivity index (χ1v) is 13.3. The van der Waals surface area contributed by atoms with Crippen LogP contribution in [0.2, 0.25) is 0 Å². The van der Waals surface area contributed by atoms with Crippen LogP contribution in [0, 0.1) is 0 Å². The van der Waals surface area contributed by atoms with Gasteiger partial charge in [0.1, 0.15) is 5.75 Å². The lowest BCUT2D eigenvalue weighted by Gasteiger charge is -2.33. The SMILES string of the molecule is CCCc1cc(C(O)(C(F)(F)F)C(F)(F)F)ccc1OCCCCN(C=O)C(=O)NC(C)c1ccc(C(C)C)cc1. The molecule has 0 aromatic heterocycles. The fraction of sp³-hybridized carbons (Fsp3) is 0.517. The van der Waals surface area contributed by atoms with Crippen molar-refractivity contribution in [3.63, 3.8) is 0 Å². The Morgan fingerprint density at radius 2 is 1.56 bits per heavy atom. The van der Waals surface area contributed by atoms with Crippen molar-refractivity contribution >= 4 is 12.4 Å². The molecule has 0 fully saturated rings. The number of nitrogens with zero attached hydrogens (tertiary/aromatic N) is 1. The number of alkyl halides is 6. The van der Waals surface area contributed by atoms with E-state index in [2.05, 4.69) is 19.2 Å². The van der Waals surface area contributed by atoms with E-state index in [1.165, 1.54) is 0 Å². The molecule has 0 aliphatic carbocycles. The molecular weight excluding hydrogens is 554 g/mol. The first-order valence-electron chi connectivity index (χ1n) is 13.3. The summed E-state index contributed by atoms with van der Waals surface area (Å²) in [4.78, 5) is 25.0. The highest BCUT2D eigenvalue weighted by Gasteiger charge is 2.71. The van der Waals surface area contributed by atoms with Gasteiger partial charge in [0.15, 0.2) is 0 Å². The summed E-state index contributed by atoms with van der Waals surface area (Å²) in [7, 11) is 0. The standard InChI is InChI=1S/C29H36F6N2O4/c1-5-8-23-17-24(27(40,28(30,31)32)29(33,34)35)13-14-25(23)41-16-7-6-15-37(18-38)26(39)36-20(4)22-11-9-21(10-12-22)19(2)3/h9-14,17-20,40H,5-8,15-16H2,1-4H3,(H,36,39). The molecule has 0 saturated heterocycles. The summed E-state index contributed by atoms with van der Waals surface area (Å²) in [5.41, 5.74) is -4.24. The van der Waals surface area contributed by atoms with Crippen molar-refractivity contribution in [3.05, 3.63) is 64.7 Å². The van der Waals surface area contributed by atoms with Crippen LogP contribution in [0.5, 0.6) is 5.75 Å². The van der Waals surface area contributed by atoms with Crippen LogP contribution in [0.25, 0.3) is 0 Å². The van der Waals surface area contributed by atoms with Crippen molar-refractivity contribution in [1.82, 2.24) is 10.2 Å². The summed E-state index contributed by atoms with van der Waals surface area (Å²) in [6, 6.07) is 9.04. The van der Waals surface area contributed by atoms with Crippen LogP contribution >= 0.6 is 0 Å². The summed E-state index contributed by atoms with van der Waals surface area (Å²) in [5.74, 6) is 0.453. The Morgan fingerprint density at radius 1 is 0.976 bits per heavy atom. The van der Waals surface area contributed by atoms with Gasteiger partial charge in [-0.1, -0.05) is 57.5 Å². The average Bonchev–Trinajstić information content (AvgIpc) is 2.89. The molecule has 2 aromatic rings. The molecule has 2 N–H and O–H groups in total. The number of aliphatic hydroxyl groups is 1. The first-order chi connectivity index (χ1) is 19.1. The van der Waals surface area contributed by atoms with Gasteiger partial charge in [-0.15, -0.1) is 0 Å². The molecule has 0 spiro atoms. The van der Waals surface area contributed by atoms with E-state index < -0.39 is 29.5 Å². The Balaban J connectivity index is 1.97. The topological polar surface area (TPSA) is 78.9 Å². The molecule has 3 amide bonds. The van der Waals surface area contributed by atoms with Gasteiger partial charge < -0.3 is 15.2 Å². The highest BCUT2D eigenvalue weighted by Crippen LogP contribution is 2.50. The Morgan fingerprint density at radius 3 is 2.07 bits per heavy atom. The number of benzene rings is 2. The number of hydrogen-bond acceptors (Lipinski definition) is 4. The molecule has 0 saturated carbocycles. The number of carbonyl (C=O) groups excluding carboxylic acids is 2. The number of aryl methyl sites for hydroxylation is 1. The lowest BCUT2D eigenvalue weighted by Crippen LogP contribution is -2.53. The molecule has 0 aliphatic rings. The molecule has 2 aromatic carbocycles. The second-order valence-corrected chi connectivity index (χ2v) is 10.1. The van der Waals surface area contributed by atoms with Crippen LogP contribution < -0.4 is 10.1 Å². The second-order valence-electron chi connectivity index (χ2n) is 10.1. The molecule has 41 heavy (non-hydrogen) atoms. The second kappa shape index (κ2) is 14.1. The van der Waals surface area contributed by atoms with Gasteiger partial charge in [-0.05, 0) is 60.9 Å². The predicted octanol–water partition coefficient (Wildman–Crippen LogP) is 7.16. The molecule has 0 radical (unpaired) electrons. The first kappa shape index (κ1) is 33.9. The van der Waals surface area contributed by atoms with Crippen LogP contribution in [-0.4, -0.2) is 48.0 Å². The van der Waals surface area contributed by atoms with Crippen molar-refractivity contribution < 1.29 is 45.8 Å². The number of halogens is 6. The Bertz CT molecular complexity index is 1140. The third-order valence-corrected chi connectivity index (χ3v) is 6.70. The number of nitrogens with one attached hydrogen (secondary N) is 1. The number of unbranched alkanes of at least 4 members (excludes halogenated alkanes) is 1. The van der Waals surface area contributed by atoms with E-state index in [9.17, 15) is 41.0 Å². The molecule has 0 bridgehead atoms. The van der Waals surface area contributed by atoms with Crippen LogP contribution in [-0.2, 0) is 16.8 Å². The maximum absolute atomic E-state index is 13.3. The molecule has 0 heterocycles. The number of amides is 3. The van der Waals surface area contributed by atoms with Crippen molar-refractivity contribution in [2.75, 3.05) is 13.2 Å². The molecule has 2 rings (SSSR count). The van der Waals surface area contributed by atoms with E-state index in [-0.39, 0.29) is 36.9 Å². The fourth-order valence-electron chi connectivity index (χ4n) is 4.19. The van der Waals surface area contributed by atoms with Crippen LogP contribution in [0.3, 0.4) is 0 Å². The zero-order valence-electron chi connectivity index (χ0n) is 23.4. The fourth-order valence-corrected chi connectivity index (χ4v) is 4.19. The van der Waals surface area contributed by atoms with E-state index in [1.807, 2.05) is 24.3 Å². The molecule has 228 valence electrons. The zero-order valence-corrected chi connectivity index (χ0v) is 23.4. The monoisotopic (exact) mass is 590 g/mol. The Labute approximate surface area is 235 Å². The van der Waals surface area contributed by atoms with Gasteiger partial charge in [0.2, 0.25) is 6.41 Å². The van der Waals surface area contributed by atoms with Gasteiger partial charge in [0.25, 0.3) is 5.60 Å². The maximum Gasteiger partial charge on any atom is 0.430 e. The van der Waals surface area contributed by atoms with Crippen molar-refractivity contribution in [2.24, 2.45) is 0 Å². The van der Waals surface area contributed by atoms with Gasteiger partial charge in [-0.3, -0.25) is 9.69 Å². The number of carbonyl (C=O) groups is 2. The summed E-state index contributed by atoms with van der Waals surface area (Å²) in [6.07, 6.45) is -10.4. The molecule has 6 nitrogen and oxygen atoms in total. The molecular formula is C29H36F6N2O4. The van der Waals surface area contributed by atoms with Crippen LogP contribution in [0.4, 0.5) is 31.1 Å². The van der Waals surface area contributed by atoms with Gasteiger partial charge in [0.05, 0.1) is 12.6 Å². The highest BCUT2D eigenvalue weighted by atomic mass is 19.4. The average molecular weight is 591 g/mol. The molecule has 1 atom stereocenters. The van der Waals surface area contributed by atoms with Crippen molar-refractivity contribution in [3.8, 4) is 5.75 Å². The van der Waals surface area contributed by atoms with E-state index >= 15 is 0 Å². The lowest BCUT2D eigenvalue weighted by atomic mass is 9.90.